The van der Waals surface area contributed by atoms with E-state index in [1.807, 2.05) is 6.07 Å². The summed E-state index contributed by atoms with van der Waals surface area (Å²) in [5, 5.41) is 5.87. The van der Waals surface area contributed by atoms with Crippen LogP contribution in [0.1, 0.15) is 24.3 Å². The summed E-state index contributed by atoms with van der Waals surface area (Å²) in [4.78, 5) is 40.6. The summed E-state index contributed by atoms with van der Waals surface area (Å²) < 4.78 is 5.03. The number of carbonyl (C=O) groups is 3. The van der Waals surface area contributed by atoms with Crippen molar-refractivity contribution in [2.45, 2.75) is 19.9 Å². The monoisotopic (exact) mass is 346 g/mol. The van der Waals surface area contributed by atoms with Crippen molar-refractivity contribution in [3.63, 3.8) is 0 Å². The number of fused-ring (bicyclic) bond motifs is 1. The zero-order valence-electron chi connectivity index (χ0n) is 14.7. The fourth-order valence-electron chi connectivity index (χ4n) is 2.42. The number of aromatic nitrogens is 1. The Bertz CT molecular complexity index is 797. The van der Waals surface area contributed by atoms with E-state index < -0.39 is 18.0 Å². The second-order valence-corrected chi connectivity index (χ2v) is 5.69. The normalized spacial score (nSPS) is 11.7. The number of para-hydroxylation sites is 1. The van der Waals surface area contributed by atoms with Gasteiger partial charge in [0.05, 0.1) is 12.3 Å². The van der Waals surface area contributed by atoms with Crippen LogP contribution in [0.2, 0.25) is 0 Å². The number of esters is 1. The molecule has 0 saturated carbocycles. The van der Waals surface area contributed by atoms with Gasteiger partial charge in [-0.15, -0.1) is 0 Å². The zero-order chi connectivity index (χ0) is 18.6. The smallest absolute Gasteiger partial charge is 0.356 e. The summed E-state index contributed by atoms with van der Waals surface area (Å²) in [6.45, 7) is 3.51. The van der Waals surface area contributed by atoms with Gasteiger partial charge in [-0.3, -0.25) is 4.79 Å². The summed E-state index contributed by atoms with van der Waals surface area (Å²) in [6, 6.07) is 5.89. The first-order valence-electron chi connectivity index (χ1n) is 7.91. The number of amides is 3. The molecule has 2 aromatic rings. The van der Waals surface area contributed by atoms with Gasteiger partial charge in [0, 0.05) is 25.0 Å². The van der Waals surface area contributed by atoms with Crippen LogP contribution in [-0.4, -0.2) is 54.5 Å². The number of hydrogen-bond donors (Lipinski definition) is 3. The second kappa shape index (κ2) is 7.69. The Morgan fingerprint density at radius 1 is 1.24 bits per heavy atom. The lowest BCUT2D eigenvalue weighted by Gasteiger charge is -2.18. The van der Waals surface area contributed by atoms with Gasteiger partial charge in [0.15, 0.2) is 0 Å². The fraction of sp³-hybridized carbons (Fsp3) is 0.353. The molecule has 8 heteroatoms. The predicted octanol–water partition coefficient (Wildman–Crippen LogP) is 1.94. The van der Waals surface area contributed by atoms with Crippen molar-refractivity contribution in [1.82, 2.24) is 15.2 Å². The Morgan fingerprint density at radius 2 is 1.92 bits per heavy atom. The van der Waals surface area contributed by atoms with E-state index in [-0.39, 0.29) is 18.2 Å². The van der Waals surface area contributed by atoms with Crippen molar-refractivity contribution in [3.8, 4) is 0 Å². The van der Waals surface area contributed by atoms with E-state index in [0.717, 1.165) is 0 Å². The van der Waals surface area contributed by atoms with Crippen molar-refractivity contribution in [3.05, 3.63) is 30.0 Å². The highest BCUT2D eigenvalue weighted by atomic mass is 16.5. The van der Waals surface area contributed by atoms with Crippen LogP contribution >= 0.6 is 0 Å². The Balaban J connectivity index is 2.27. The van der Waals surface area contributed by atoms with Gasteiger partial charge in [-0.25, -0.2) is 9.59 Å². The molecule has 134 valence electrons. The lowest BCUT2D eigenvalue weighted by atomic mass is 10.2. The molecule has 0 aliphatic rings. The largest absolute Gasteiger partial charge is 0.461 e. The van der Waals surface area contributed by atoms with E-state index in [1.165, 1.54) is 4.90 Å². The third-order valence-corrected chi connectivity index (χ3v) is 3.58. The van der Waals surface area contributed by atoms with Gasteiger partial charge >= 0.3 is 12.0 Å². The number of rotatable bonds is 5. The number of H-pyrrole nitrogens is 1. The third-order valence-electron chi connectivity index (χ3n) is 3.58. The summed E-state index contributed by atoms with van der Waals surface area (Å²) in [6.07, 6.45) is 0. The van der Waals surface area contributed by atoms with Gasteiger partial charge < -0.3 is 25.3 Å². The van der Waals surface area contributed by atoms with Gasteiger partial charge in [-0.1, -0.05) is 18.2 Å². The number of benzene rings is 1. The van der Waals surface area contributed by atoms with Gasteiger partial charge in [0.2, 0.25) is 5.91 Å². The lowest BCUT2D eigenvalue weighted by Crippen LogP contribution is -2.45. The number of nitrogens with one attached hydrogen (secondary N) is 3. The lowest BCUT2D eigenvalue weighted by molar-refractivity contribution is -0.130. The Kier molecular flexibility index (Phi) is 5.63. The molecule has 0 fully saturated rings. The highest BCUT2D eigenvalue weighted by Crippen LogP contribution is 2.28. The van der Waals surface area contributed by atoms with Crippen LogP contribution in [0.4, 0.5) is 10.5 Å². The summed E-state index contributed by atoms with van der Waals surface area (Å²) in [5.74, 6) is -0.800. The van der Waals surface area contributed by atoms with Crippen LogP contribution in [0.5, 0.6) is 0 Å². The van der Waals surface area contributed by atoms with Gasteiger partial charge in [-0.2, -0.15) is 0 Å². The van der Waals surface area contributed by atoms with E-state index in [1.54, 1.807) is 46.1 Å². The van der Waals surface area contributed by atoms with Crippen LogP contribution in [0.25, 0.3) is 10.9 Å². The SMILES string of the molecule is CCOC(=O)c1[nH]c2ccccc2c1NC(=O)N[C@@H](C)C(=O)N(C)C. The fourth-order valence-corrected chi connectivity index (χ4v) is 2.42. The maximum absolute atomic E-state index is 12.3. The quantitative estimate of drug-likeness (QED) is 0.720. The van der Waals surface area contributed by atoms with Gasteiger partial charge in [0.25, 0.3) is 0 Å². The molecule has 0 radical (unpaired) electrons. The van der Waals surface area contributed by atoms with E-state index in [4.69, 9.17) is 4.74 Å². The first-order chi connectivity index (χ1) is 11.8. The molecule has 3 amide bonds. The number of urea groups is 1. The van der Waals surface area contributed by atoms with Crippen LogP contribution in [0.3, 0.4) is 0 Å². The Morgan fingerprint density at radius 3 is 2.56 bits per heavy atom. The average molecular weight is 346 g/mol. The van der Waals surface area contributed by atoms with Gasteiger partial charge in [-0.05, 0) is 19.9 Å². The third kappa shape index (κ3) is 4.09. The molecule has 0 aliphatic carbocycles. The Labute approximate surface area is 145 Å². The molecular weight excluding hydrogens is 324 g/mol. The highest BCUT2D eigenvalue weighted by molar-refractivity contribution is 6.11. The Hall–Kier alpha value is -3.03. The summed E-state index contributed by atoms with van der Waals surface area (Å²) in [7, 11) is 3.22. The maximum Gasteiger partial charge on any atom is 0.356 e. The molecule has 1 heterocycles. The van der Waals surface area contributed by atoms with Crippen molar-refractivity contribution in [2.24, 2.45) is 0 Å². The minimum atomic E-state index is -0.703. The van der Waals surface area contributed by atoms with Crippen molar-refractivity contribution in [1.29, 1.82) is 0 Å². The molecule has 25 heavy (non-hydrogen) atoms. The first-order valence-corrected chi connectivity index (χ1v) is 7.91. The summed E-state index contributed by atoms with van der Waals surface area (Å²) in [5.41, 5.74) is 1.17. The molecule has 1 aromatic heterocycles. The number of likely N-dealkylation sites (N-methyl/N-ethyl adjacent to an activating group) is 1. The summed E-state index contributed by atoms with van der Waals surface area (Å²) >= 11 is 0. The van der Waals surface area contributed by atoms with Crippen LogP contribution < -0.4 is 10.6 Å². The molecule has 0 unspecified atom stereocenters. The molecular formula is C17H22N4O4. The molecule has 0 aliphatic heterocycles. The molecule has 8 nitrogen and oxygen atoms in total. The second-order valence-electron chi connectivity index (χ2n) is 5.69. The zero-order valence-corrected chi connectivity index (χ0v) is 14.7. The molecule has 1 aromatic carbocycles. The number of carbonyl (C=O) groups excluding carboxylic acids is 3. The van der Waals surface area contributed by atoms with Crippen molar-refractivity contribution < 1.29 is 19.1 Å². The first kappa shape index (κ1) is 18.3. The van der Waals surface area contributed by atoms with E-state index >= 15 is 0 Å². The van der Waals surface area contributed by atoms with Crippen LogP contribution in [-0.2, 0) is 9.53 Å². The molecule has 1 atom stereocenters. The number of ether oxygens (including phenoxy) is 1. The van der Waals surface area contributed by atoms with Crippen LogP contribution in [0.15, 0.2) is 24.3 Å². The molecule has 3 N–H and O–H groups in total. The minimum Gasteiger partial charge on any atom is -0.461 e. The predicted molar refractivity (Wildman–Crippen MR) is 94.6 cm³/mol. The van der Waals surface area contributed by atoms with E-state index in [2.05, 4.69) is 15.6 Å². The highest BCUT2D eigenvalue weighted by Gasteiger charge is 2.22. The van der Waals surface area contributed by atoms with Crippen molar-refractivity contribution in [2.75, 3.05) is 26.0 Å². The topological polar surface area (TPSA) is 104 Å². The van der Waals surface area contributed by atoms with Crippen molar-refractivity contribution >= 4 is 34.5 Å². The molecule has 0 spiro atoms. The standard InChI is InChI=1S/C17H22N4O4/c1-5-25-16(23)14-13(11-8-6-7-9-12(11)19-14)20-17(24)18-10(2)15(22)21(3)4/h6-10,19H,5H2,1-4H3,(H2,18,20,24)/t10-/m0/s1. The number of hydrogen-bond acceptors (Lipinski definition) is 4. The van der Waals surface area contributed by atoms with E-state index in [9.17, 15) is 14.4 Å². The van der Waals surface area contributed by atoms with Gasteiger partial charge in [0.1, 0.15) is 11.7 Å². The minimum absolute atomic E-state index is 0.157. The number of aromatic amines is 1. The molecule has 0 bridgehead atoms. The van der Waals surface area contributed by atoms with Crippen LogP contribution in [0, 0.1) is 0 Å². The number of anilines is 1. The maximum atomic E-state index is 12.3. The van der Waals surface area contributed by atoms with E-state index in [0.29, 0.717) is 16.6 Å². The average Bonchev–Trinajstić information content (AvgIpc) is 2.93. The molecule has 0 saturated heterocycles. The molecule has 2 rings (SSSR count). The number of nitrogens with zero attached hydrogens (tertiary/aromatic N) is 1.